The Morgan fingerprint density at radius 3 is 2.75 bits per heavy atom. The highest BCUT2D eigenvalue weighted by atomic mass is 16.3. The van der Waals surface area contributed by atoms with Crippen LogP contribution >= 0.6 is 0 Å². The molecule has 1 heteroatoms. The molecule has 0 saturated heterocycles. The molecule has 3 rings (SSSR count). The van der Waals surface area contributed by atoms with Crippen LogP contribution in [0.4, 0.5) is 0 Å². The van der Waals surface area contributed by atoms with E-state index in [1.54, 1.807) is 0 Å². The zero-order valence-corrected chi connectivity index (χ0v) is 7.63. The third-order valence-corrected chi connectivity index (χ3v) is 4.73. The van der Waals surface area contributed by atoms with E-state index in [-0.39, 0.29) is 5.60 Å². The van der Waals surface area contributed by atoms with Gasteiger partial charge in [0.2, 0.25) is 0 Å². The molecule has 3 saturated carbocycles. The Labute approximate surface area is 74.2 Å². The number of hydrogen-bond donors (Lipinski definition) is 1. The average Bonchev–Trinajstić information content (AvgIpc) is 2.18. The number of aliphatic hydroxyl groups is 1. The first-order valence-corrected chi connectivity index (χ1v) is 5.53. The van der Waals surface area contributed by atoms with E-state index >= 15 is 0 Å². The van der Waals surface area contributed by atoms with Crippen molar-refractivity contribution in [2.45, 2.75) is 50.5 Å². The molecule has 1 N–H and O–H groups in total. The quantitative estimate of drug-likeness (QED) is 0.585. The fourth-order valence-electron chi connectivity index (χ4n) is 3.94. The molecule has 0 radical (unpaired) electrons. The highest BCUT2D eigenvalue weighted by Crippen LogP contribution is 2.59. The molecule has 0 aromatic rings. The van der Waals surface area contributed by atoms with Crippen molar-refractivity contribution in [1.29, 1.82) is 0 Å². The summed E-state index contributed by atoms with van der Waals surface area (Å²) >= 11 is 0. The van der Waals surface area contributed by atoms with E-state index in [0.717, 1.165) is 12.3 Å². The van der Waals surface area contributed by atoms with E-state index < -0.39 is 0 Å². The summed E-state index contributed by atoms with van der Waals surface area (Å²) < 4.78 is 0. The molecule has 0 amide bonds. The lowest BCUT2D eigenvalue weighted by Gasteiger charge is -2.43. The van der Waals surface area contributed by atoms with Crippen LogP contribution in [0.25, 0.3) is 0 Å². The lowest BCUT2D eigenvalue weighted by molar-refractivity contribution is -0.0858. The molecule has 68 valence electrons. The summed E-state index contributed by atoms with van der Waals surface area (Å²) in [6.07, 6.45) is 9.13. The van der Waals surface area contributed by atoms with Crippen LogP contribution in [0, 0.1) is 17.8 Å². The molecular formula is C11H18O. The lowest BCUT2D eigenvalue weighted by atomic mass is 9.67. The summed E-state index contributed by atoms with van der Waals surface area (Å²) in [5.74, 6) is 2.31. The molecule has 0 aromatic heterocycles. The van der Waals surface area contributed by atoms with E-state index in [2.05, 4.69) is 0 Å². The predicted octanol–water partition coefficient (Wildman–Crippen LogP) is 2.34. The average molecular weight is 166 g/mol. The Morgan fingerprint density at radius 1 is 1.08 bits per heavy atom. The lowest BCUT2D eigenvalue weighted by Crippen LogP contribution is -2.45. The molecule has 0 bridgehead atoms. The normalized spacial score (nSPS) is 57.2. The van der Waals surface area contributed by atoms with Gasteiger partial charge in [0.15, 0.2) is 0 Å². The van der Waals surface area contributed by atoms with Gasteiger partial charge in [0.05, 0.1) is 5.60 Å². The van der Waals surface area contributed by atoms with Gasteiger partial charge in [0.25, 0.3) is 0 Å². The van der Waals surface area contributed by atoms with Crippen LogP contribution in [0.2, 0.25) is 0 Å². The van der Waals surface area contributed by atoms with Crippen LogP contribution in [0.15, 0.2) is 0 Å². The molecule has 3 aliphatic rings. The van der Waals surface area contributed by atoms with Gasteiger partial charge in [0.1, 0.15) is 0 Å². The van der Waals surface area contributed by atoms with Gasteiger partial charge in [-0.05, 0) is 49.9 Å². The SMILES string of the molecule is OC12CCCCC1CC1CCC12. The summed E-state index contributed by atoms with van der Waals surface area (Å²) in [6.45, 7) is 0. The second-order valence-electron chi connectivity index (χ2n) is 5.11. The fraction of sp³-hybridized carbons (Fsp3) is 1.00. The van der Waals surface area contributed by atoms with Crippen LogP contribution in [0.3, 0.4) is 0 Å². The summed E-state index contributed by atoms with van der Waals surface area (Å²) in [5, 5.41) is 10.5. The van der Waals surface area contributed by atoms with E-state index in [1.165, 1.54) is 38.5 Å². The minimum Gasteiger partial charge on any atom is -0.389 e. The monoisotopic (exact) mass is 166 g/mol. The zero-order chi connectivity index (χ0) is 8.18. The topological polar surface area (TPSA) is 20.2 Å². The molecule has 0 aliphatic heterocycles. The van der Waals surface area contributed by atoms with Gasteiger partial charge in [-0.1, -0.05) is 12.8 Å². The Bertz CT molecular complexity index is 201. The number of rotatable bonds is 0. The van der Waals surface area contributed by atoms with Crippen molar-refractivity contribution in [2.75, 3.05) is 0 Å². The molecule has 4 unspecified atom stereocenters. The van der Waals surface area contributed by atoms with Crippen LogP contribution in [0.1, 0.15) is 44.9 Å². The second kappa shape index (κ2) is 2.25. The van der Waals surface area contributed by atoms with E-state index in [0.29, 0.717) is 11.8 Å². The number of fused-ring (bicyclic) bond motifs is 3. The second-order valence-corrected chi connectivity index (χ2v) is 5.11. The maximum atomic E-state index is 10.5. The van der Waals surface area contributed by atoms with E-state index in [9.17, 15) is 5.11 Å². The Hall–Kier alpha value is -0.0400. The van der Waals surface area contributed by atoms with Crippen molar-refractivity contribution in [3.05, 3.63) is 0 Å². The van der Waals surface area contributed by atoms with Crippen molar-refractivity contribution < 1.29 is 5.11 Å². The van der Waals surface area contributed by atoms with Crippen molar-refractivity contribution in [3.8, 4) is 0 Å². The Morgan fingerprint density at radius 2 is 2.00 bits per heavy atom. The molecular weight excluding hydrogens is 148 g/mol. The molecule has 3 fully saturated rings. The van der Waals surface area contributed by atoms with Crippen molar-refractivity contribution in [1.82, 2.24) is 0 Å². The fourth-order valence-corrected chi connectivity index (χ4v) is 3.94. The summed E-state index contributed by atoms with van der Waals surface area (Å²) in [7, 11) is 0. The van der Waals surface area contributed by atoms with Crippen LogP contribution in [0.5, 0.6) is 0 Å². The van der Waals surface area contributed by atoms with Gasteiger partial charge < -0.3 is 5.11 Å². The zero-order valence-electron chi connectivity index (χ0n) is 7.63. The van der Waals surface area contributed by atoms with Gasteiger partial charge >= 0.3 is 0 Å². The van der Waals surface area contributed by atoms with E-state index in [4.69, 9.17) is 0 Å². The molecule has 0 aromatic carbocycles. The summed E-state index contributed by atoms with van der Waals surface area (Å²) in [6, 6.07) is 0. The highest BCUT2D eigenvalue weighted by molar-refractivity contribution is 5.08. The highest BCUT2D eigenvalue weighted by Gasteiger charge is 2.57. The first-order chi connectivity index (χ1) is 5.81. The molecule has 0 heterocycles. The van der Waals surface area contributed by atoms with Gasteiger partial charge in [-0.3, -0.25) is 0 Å². The third-order valence-electron chi connectivity index (χ3n) is 4.73. The number of hydrogen-bond acceptors (Lipinski definition) is 1. The van der Waals surface area contributed by atoms with Crippen LogP contribution in [-0.4, -0.2) is 10.7 Å². The summed E-state index contributed by atoms with van der Waals surface area (Å²) in [5.41, 5.74) is -0.193. The first-order valence-electron chi connectivity index (χ1n) is 5.53. The maximum Gasteiger partial charge on any atom is 0.0706 e. The Kier molecular flexibility index (Phi) is 1.39. The van der Waals surface area contributed by atoms with Gasteiger partial charge in [0, 0.05) is 0 Å². The van der Waals surface area contributed by atoms with Gasteiger partial charge in [-0.25, -0.2) is 0 Å². The molecule has 4 atom stereocenters. The predicted molar refractivity (Wildman–Crippen MR) is 47.7 cm³/mol. The van der Waals surface area contributed by atoms with Crippen LogP contribution in [-0.2, 0) is 0 Å². The Balaban J connectivity index is 1.89. The first kappa shape index (κ1) is 7.37. The maximum absolute atomic E-state index is 10.5. The van der Waals surface area contributed by atoms with Crippen molar-refractivity contribution in [3.63, 3.8) is 0 Å². The minimum atomic E-state index is -0.193. The van der Waals surface area contributed by atoms with Crippen LogP contribution < -0.4 is 0 Å². The third kappa shape index (κ3) is 0.736. The minimum absolute atomic E-state index is 0.193. The van der Waals surface area contributed by atoms with Gasteiger partial charge in [-0.2, -0.15) is 0 Å². The molecule has 3 aliphatic carbocycles. The largest absolute Gasteiger partial charge is 0.389 e. The summed E-state index contributed by atoms with van der Waals surface area (Å²) in [4.78, 5) is 0. The molecule has 0 spiro atoms. The van der Waals surface area contributed by atoms with Crippen molar-refractivity contribution >= 4 is 0 Å². The van der Waals surface area contributed by atoms with Gasteiger partial charge in [-0.15, -0.1) is 0 Å². The van der Waals surface area contributed by atoms with E-state index in [1.807, 2.05) is 0 Å². The van der Waals surface area contributed by atoms with Crippen molar-refractivity contribution in [2.24, 2.45) is 17.8 Å². The smallest absolute Gasteiger partial charge is 0.0706 e. The standard InChI is InChI=1S/C11H18O/c12-11-6-2-1-3-9(11)7-8-4-5-10(8)11/h8-10,12H,1-7H2. The molecule has 1 nitrogen and oxygen atoms in total. The molecule has 12 heavy (non-hydrogen) atoms.